The van der Waals surface area contributed by atoms with Gasteiger partial charge in [0.2, 0.25) is 0 Å². The molecular formula is C24H38O3. The van der Waals surface area contributed by atoms with E-state index in [-0.39, 0.29) is 0 Å². The Labute approximate surface area is 165 Å². The Kier molecular flexibility index (Phi) is 9.79. The fourth-order valence-electron chi connectivity index (χ4n) is 3.79. The summed E-state index contributed by atoms with van der Waals surface area (Å²) in [6.45, 7) is 13.9. The molecule has 3 heteroatoms. The first kappa shape index (κ1) is 23.4. The molecule has 0 amide bonds. The summed E-state index contributed by atoms with van der Waals surface area (Å²) < 4.78 is 5.57. The van der Waals surface area contributed by atoms with Crippen molar-refractivity contribution in [3.8, 4) is 5.75 Å². The lowest BCUT2D eigenvalue weighted by molar-refractivity contribution is -0.130. The normalized spacial score (nSPS) is 11.7. The summed E-state index contributed by atoms with van der Waals surface area (Å²) in [5.41, 5.74) is 1.52. The lowest BCUT2D eigenvalue weighted by atomic mass is 9.82. The molecule has 0 radical (unpaired) electrons. The predicted molar refractivity (Wildman–Crippen MR) is 113 cm³/mol. The summed E-state index contributed by atoms with van der Waals surface area (Å²) in [7, 11) is 0. The van der Waals surface area contributed by atoms with Gasteiger partial charge in [-0.15, -0.1) is 0 Å². The largest absolute Gasteiger partial charge is 0.423 e. The molecule has 0 aliphatic heterocycles. The zero-order valence-electron chi connectivity index (χ0n) is 17.9. The molecule has 27 heavy (non-hydrogen) atoms. The van der Waals surface area contributed by atoms with Crippen molar-refractivity contribution in [2.24, 2.45) is 0 Å². The molecule has 152 valence electrons. The Morgan fingerprint density at radius 1 is 1.04 bits per heavy atom. The Hall–Kier alpha value is -1.61. The van der Waals surface area contributed by atoms with Crippen LogP contribution in [0.5, 0.6) is 5.75 Å². The lowest BCUT2D eigenvalue weighted by Gasteiger charge is -2.30. The first-order valence-electron chi connectivity index (χ1n) is 10.6. The van der Waals surface area contributed by atoms with Crippen molar-refractivity contribution >= 4 is 5.97 Å². The quantitative estimate of drug-likeness (QED) is 0.253. The first-order chi connectivity index (χ1) is 12.8. The fraction of sp³-hybridized carbons (Fsp3) is 0.625. The zero-order chi connectivity index (χ0) is 20.4. The Morgan fingerprint density at radius 2 is 1.59 bits per heavy atom. The zero-order valence-corrected chi connectivity index (χ0v) is 17.9. The van der Waals surface area contributed by atoms with Crippen LogP contribution >= 0.6 is 0 Å². The SMILES string of the molecule is C=C(C)C(=O)Oc1cc(C(CCC)CCC)cc(C(O)(CCC)CCC)c1. The van der Waals surface area contributed by atoms with E-state index in [1.807, 2.05) is 12.1 Å². The van der Waals surface area contributed by atoms with E-state index < -0.39 is 11.6 Å². The highest BCUT2D eigenvalue weighted by Crippen LogP contribution is 2.37. The van der Waals surface area contributed by atoms with Gasteiger partial charge in [-0.3, -0.25) is 0 Å². The number of hydrogen-bond acceptors (Lipinski definition) is 3. The molecule has 0 aliphatic carbocycles. The molecule has 0 saturated carbocycles. The number of benzene rings is 1. The number of carbonyl (C=O) groups is 1. The number of carbonyl (C=O) groups excluding carboxylic acids is 1. The van der Waals surface area contributed by atoms with Crippen LogP contribution in [0.4, 0.5) is 0 Å². The van der Waals surface area contributed by atoms with E-state index in [2.05, 4.69) is 40.3 Å². The number of ether oxygens (including phenoxy) is 1. The summed E-state index contributed by atoms with van der Waals surface area (Å²) in [6.07, 6.45) is 7.57. The first-order valence-corrected chi connectivity index (χ1v) is 10.6. The maximum atomic E-state index is 12.1. The third-order valence-electron chi connectivity index (χ3n) is 5.10. The van der Waals surface area contributed by atoms with Crippen molar-refractivity contribution in [2.75, 3.05) is 0 Å². The van der Waals surface area contributed by atoms with Gasteiger partial charge in [0.15, 0.2) is 0 Å². The molecule has 3 nitrogen and oxygen atoms in total. The van der Waals surface area contributed by atoms with Gasteiger partial charge in [-0.1, -0.05) is 66.0 Å². The van der Waals surface area contributed by atoms with Gasteiger partial charge in [0.25, 0.3) is 0 Å². The highest BCUT2D eigenvalue weighted by Gasteiger charge is 2.29. The van der Waals surface area contributed by atoms with E-state index in [0.29, 0.717) is 30.1 Å². The van der Waals surface area contributed by atoms with Crippen LogP contribution in [0.1, 0.15) is 103 Å². The average molecular weight is 375 g/mol. The molecule has 0 aromatic heterocycles. The van der Waals surface area contributed by atoms with Crippen molar-refractivity contribution in [1.82, 2.24) is 0 Å². The van der Waals surface area contributed by atoms with E-state index in [1.165, 1.54) is 0 Å². The molecule has 1 aromatic rings. The van der Waals surface area contributed by atoms with Crippen molar-refractivity contribution < 1.29 is 14.6 Å². The second kappa shape index (κ2) is 11.3. The highest BCUT2D eigenvalue weighted by atomic mass is 16.5. The van der Waals surface area contributed by atoms with Gasteiger partial charge >= 0.3 is 5.97 Å². The molecule has 0 fully saturated rings. The minimum absolute atomic E-state index is 0.373. The summed E-state index contributed by atoms with van der Waals surface area (Å²) in [6, 6.07) is 5.95. The van der Waals surface area contributed by atoms with E-state index in [9.17, 15) is 9.90 Å². The molecule has 0 spiro atoms. The standard InChI is InChI=1S/C24H38O3/c1-7-11-19(12-8-2)20-15-21(24(26,13-9-3)14-10-4)17-22(16-20)27-23(25)18(5)6/h15-17,19,26H,5,7-14H2,1-4,6H3. The van der Waals surface area contributed by atoms with Gasteiger partial charge < -0.3 is 9.84 Å². The summed E-state index contributed by atoms with van der Waals surface area (Å²) in [4.78, 5) is 12.1. The summed E-state index contributed by atoms with van der Waals surface area (Å²) >= 11 is 0. The lowest BCUT2D eigenvalue weighted by Crippen LogP contribution is -2.26. The summed E-state index contributed by atoms with van der Waals surface area (Å²) in [5, 5.41) is 11.4. The summed E-state index contributed by atoms with van der Waals surface area (Å²) in [5.74, 6) is 0.503. The maximum Gasteiger partial charge on any atom is 0.338 e. The van der Waals surface area contributed by atoms with Crippen LogP contribution in [0.2, 0.25) is 0 Å². The van der Waals surface area contributed by atoms with Gasteiger partial charge in [0, 0.05) is 5.57 Å². The van der Waals surface area contributed by atoms with Crippen LogP contribution in [0, 0.1) is 0 Å². The number of hydrogen-bond donors (Lipinski definition) is 1. The minimum atomic E-state index is -0.882. The molecular weight excluding hydrogens is 336 g/mol. The van der Waals surface area contributed by atoms with Crippen LogP contribution in [0.15, 0.2) is 30.4 Å². The monoisotopic (exact) mass is 374 g/mol. The third kappa shape index (κ3) is 6.80. The number of aliphatic hydroxyl groups is 1. The van der Waals surface area contributed by atoms with Crippen molar-refractivity contribution in [1.29, 1.82) is 0 Å². The van der Waals surface area contributed by atoms with Crippen LogP contribution < -0.4 is 4.74 Å². The second-order valence-electron chi connectivity index (χ2n) is 7.77. The molecule has 1 aromatic carbocycles. The van der Waals surface area contributed by atoms with Gasteiger partial charge in [-0.05, 0) is 61.8 Å². The topological polar surface area (TPSA) is 46.5 Å². The molecule has 0 saturated heterocycles. The van der Waals surface area contributed by atoms with E-state index in [1.54, 1.807) is 6.92 Å². The van der Waals surface area contributed by atoms with Gasteiger partial charge in [-0.2, -0.15) is 0 Å². The van der Waals surface area contributed by atoms with Gasteiger partial charge in [0.05, 0.1) is 5.60 Å². The Balaban J connectivity index is 3.44. The molecule has 1 N–H and O–H groups in total. The molecule has 0 atom stereocenters. The van der Waals surface area contributed by atoms with E-state index >= 15 is 0 Å². The van der Waals surface area contributed by atoms with Crippen molar-refractivity contribution in [2.45, 2.75) is 97.5 Å². The highest BCUT2D eigenvalue weighted by molar-refractivity contribution is 5.88. The van der Waals surface area contributed by atoms with Crippen molar-refractivity contribution in [3.05, 3.63) is 41.5 Å². The van der Waals surface area contributed by atoms with Crippen molar-refractivity contribution in [3.63, 3.8) is 0 Å². The fourth-order valence-corrected chi connectivity index (χ4v) is 3.79. The van der Waals surface area contributed by atoms with Crippen LogP contribution in [-0.4, -0.2) is 11.1 Å². The van der Waals surface area contributed by atoms with Crippen LogP contribution in [0.25, 0.3) is 0 Å². The second-order valence-corrected chi connectivity index (χ2v) is 7.77. The predicted octanol–water partition coefficient (Wildman–Crippen LogP) is 6.64. The Bertz CT molecular complexity index is 606. The number of rotatable bonds is 12. The molecule has 0 aliphatic rings. The third-order valence-corrected chi connectivity index (χ3v) is 5.10. The molecule has 0 bridgehead atoms. The van der Waals surface area contributed by atoms with Gasteiger partial charge in [-0.25, -0.2) is 4.79 Å². The molecule has 0 unspecified atom stereocenters. The van der Waals surface area contributed by atoms with Gasteiger partial charge in [0.1, 0.15) is 5.75 Å². The smallest absolute Gasteiger partial charge is 0.338 e. The van der Waals surface area contributed by atoms with Crippen LogP contribution in [0.3, 0.4) is 0 Å². The number of esters is 1. The Morgan fingerprint density at radius 3 is 2.04 bits per heavy atom. The minimum Gasteiger partial charge on any atom is -0.423 e. The molecule has 0 heterocycles. The maximum absolute atomic E-state index is 12.1. The average Bonchev–Trinajstić information content (AvgIpc) is 2.61. The van der Waals surface area contributed by atoms with E-state index in [0.717, 1.165) is 49.7 Å². The van der Waals surface area contributed by atoms with Crippen LogP contribution in [-0.2, 0) is 10.4 Å². The molecule has 1 rings (SSSR count). The van der Waals surface area contributed by atoms with E-state index in [4.69, 9.17) is 4.74 Å².